The molecular formula is C15H17FN2O3S. The number of benzene rings is 1. The maximum Gasteiger partial charge on any atom is 0.241 e. The van der Waals surface area contributed by atoms with Crippen molar-refractivity contribution in [1.82, 2.24) is 9.71 Å². The van der Waals surface area contributed by atoms with Gasteiger partial charge in [-0.3, -0.25) is 4.98 Å². The maximum absolute atomic E-state index is 13.7. The summed E-state index contributed by atoms with van der Waals surface area (Å²) in [5.41, 5.74) is 0.595. The van der Waals surface area contributed by atoms with Crippen LogP contribution in [0.5, 0.6) is 5.75 Å². The fourth-order valence-corrected chi connectivity index (χ4v) is 3.55. The Kier molecular flexibility index (Phi) is 4.77. The first-order chi connectivity index (χ1) is 10.3. The van der Waals surface area contributed by atoms with Gasteiger partial charge < -0.3 is 4.74 Å². The average molecular weight is 324 g/mol. The van der Waals surface area contributed by atoms with Crippen LogP contribution in [0.4, 0.5) is 4.39 Å². The van der Waals surface area contributed by atoms with Crippen LogP contribution in [0.25, 0.3) is 0 Å². The molecule has 5 nitrogen and oxygen atoms in total. The van der Waals surface area contributed by atoms with E-state index >= 15 is 0 Å². The number of pyridine rings is 1. The molecule has 118 valence electrons. The van der Waals surface area contributed by atoms with E-state index < -0.39 is 21.9 Å². The summed E-state index contributed by atoms with van der Waals surface area (Å²) in [6.07, 6.45) is 1.42. The van der Waals surface area contributed by atoms with Crippen LogP contribution >= 0.6 is 0 Å². The third-order valence-corrected chi connectivity index (χ3v) is 4.90. The van der Waals surface area contributed by atoms with Crippen LogP contribution in [0.15, 0.2) is 41.4 Å². The second-order valence-electron chi connectivity index (χ2n) is 4.84. The highest BCUT2D eigenvalue weighted by molar-refractivity contribution is 7.89. The van der Waals surface area contributed by atoms with Gasteiger partial charge in [0.05, 0.1) is 23.7 Å². The highest BCUT2D eigenvalue weighted by atomic mass is 32.2. The van der Waals surface area contributed by atoms with Crippen LogP contribution in [-0.4, -0.2) is 20.5 Å². The molecule has 0 saturated heterocycles. The highest BCUT2D eigenvalue weighted by Crippen LogP contribution is 2.23. The Balaban J connectivity index is 2.30. The van der Waals surface area contributed by atoms with Crippen molar-refractivity contribution >= 4 is 10.0 Å². The van der Waals surface area contributed by atoms with E-state index in [1.54, 1.807) is 26.0 Å². The minimum Gasteiger partial charge on any atom is -0.497 e. The predicted molar refractivity (Wildman–Crippen MR) is 80.7 cm³/mol. The minimum atomic E-state index is -3.79. The molecule has 0 aliphatic carbocycles. The molecule has 0 aliphatic rings. The minimum absolute atomic E-state index is 0.0530. The molecule has 0 radical (unpaired) electrons. The molecule has 1 aromatic carbocycles. The van der Waals surface area contributed by atoms with Crippen molar-refractivity contribution in [2.24, 2.45) is 0 Å². The van der Waals surface area contributed by atoms with Gasteiger partial charge in [0.2, 0.25) is 10.0 Å². The molecule has 1 unspecified atom stereocenters. The molecule has 7 heteroatoms. The normalized spacial score (nSPS) is 12.9. The van der Waals surface area contributed by atoms with Gasteiger partial charge in [0.15, 0.2) is 0 Å². The Labute approximate surface area is 129 Å². The van der Waals surface area contributed by atoms with E-state index in [4.69, 9.17) is 4.74 Å². The van der Waals surface area contributed by atoms with E-state index in [-0.39, 0.29) is 10.6 Å². The lowest BCUT2D eigenvalue weighted by atomic mass is 10.2. The van der Waals surface area contributed by atoms with Gasteiger partial charge in [-0.05, 0) is 49.7 Å². The van der Waals surface area contributed by atoms with Gasteiger partial charge in [-0.1, -0.05) is 0 Å². The zero-order chi connectivity index (χ0) is 16.3. The first-order valence-corrected chi connectivity index (χ1v) is 8.11. The molecule has 2 rings (SSSR count). The average Bonchev–Trinajstić information content (AvgIpc) is 2.46. The fourth-order valence-electron chi connectivity index (χ4n) is 2.12. The van der Waals surface area contributed by atoms with E-state index in [1.807, 2.05) is 0 Å². The molecule has 0 amide bonds. The number of methoxy groups -OCH3 is 1. The first-order valence-electron chi connectivity index (χ1n) is 6.62. The molecule has 1 aromatic heterocycles. The second kappa shape index (κ2) is 6.41. The number of aromatic nitrogens is 1. The Morgan fingerprint density at radius 2 is 2.05 bits per heavy atom. The van der Waals surface area contributed by atoms with Crippen LogP contribution in [0.1, 0.15) is 24.2 Å². The van der Waals surface area contributed by atoms with Gasteiger partial charge in [-0.25, -0.2) is 17.5 Å². The van der Waals surface area contributed by atoms with Crippen molar-refractivity contribution < 1.29 is 17.5 Å². The quantitative estimate of drug-likeness (QED) is 0.918. The summed E-state index contributed by atoms with van der Waals surface area (Å²) in [7, 11) is -2.29. The SMILES string of the molecule is COc1ccc(S(=O)(=O)NC(C)c2ncccc2F)c(C)c1. The summed E-state index contributed by atoms with van der Waals surface area (Å²) < 4.78 is 46.1. The Morgan fingerprint density at radius 3 is 2.64 bits per heavy atom. The second-order valence-corrected chi connectivity index (χ2v) is 6.53. The molecule has 0 spiro atoms. The Bertz CT molecular complexity index is 778. The van der Waals surface area contributed by atoms with Gasteiger partial charge in [0, 0.05) is 6.20 Å². The van der Waals surface area contributed by atoms with Gasteiger partial charge in [0.1, 0.15) is 11.6 Å². The van der Waals surface area contributed by atoms with Crippen molar-refractivity contribution in [3.8, 4) is 5.75 Å². The van der Waals surface area contributed by atoms with E-state index in [2.05, 4.69) is 9.71 Å². The summed E-state index contributed by atoms with van der Waals surface area (Å²) in [6, 6.07) is 6.55. The lowest BCUT2D eigenvalue weighted by Gasteiger charge is -2.16. The molecular weight excluding hydrogens is 307 g/mol. The number of nitrogens with one attached hydrogen (secondary N) is 1. The highest BCUT2D eigenvalue weighted by Gasteiger charge is 2.22. The predicted octanol–water partition coefficient (Wildman–Crippen LogP) is 2.58. The largest absolute Gasteiger partial charge is 0.497 e. The lowest BCUT2D eigenvalue weighted by Crippen LogP contribution is -2.28. The van der Waals surface area contributed by atoms with E-state index in [0.717, 1.165) is 0 Å². The molecule has 0 saturated carbocycles. The van der Waals surface area contributed by atoms with Crippen molar-refractivity contribution in [3.05, 3.63) is 53.6 Å². The van der Waals surface area contributed by atoms with E-state index in [0.29, 0.717) is 11.3 Å². The van der Waals surface area contributed by atoms with Crippen molar-refractivity contribution in [2.45, 2.75) is 24.8 Å². The van der Waals surface area contributed by atoms with Gasteiger partial charge >= 0.3 is 0 Å². The maximum atomic E-state index is 13.7. The van der Waals surface area contributed by atoms with Crippen molar-refractivity contribution in [2.75, 3.05) is 7.11 Å². The molecule has 2 aromatic rings. The molecule has 1 heterocycles. The van der Waals surface area contributed by atoms with Crippen LogP contribution in [0.2, 0.25) is 0 Å². The third kappa shape index (κ3) is 3.42. The monoisotopic (exact) mass is 324 g/mol. The Morgan fingerprint density at radius 1 is 1.32 bits per heavy atom. The van der Waals surface area contributed by atoms with Crippen LogP contribution in [-0.2, 0) is 10.0 Å². The topological polar surface area (TPSA) is 68.3 Å². The van der Waals surface area contributed by atoms with E-state index in [1.165, 1.54) is 31.5 Å². The number of aryl methyl sites for hydroxylation is 1. The summed E-state index contributed by atoms with van der Waals surface area (Å²) in [5, 5.41) is 0. The van der Waals surface area contributed by atoms with Gasteiger partial charge in [-0.15, -0.1) is 0 Å². The van der Waals surface area contributed by atoms with Crippen LogP contribution in [0.3, 0.4) is 0 Å². The lowest BCUT2D eigenvalue weighted by molar-refractivity contribution is 0.414. The number of halogens is 1. The first kappa shape index (κ1) is 16.4. The molecule has 1 atom stereocenters. The number of hydrogen-bond acceptors (Lipinski definition) is 4. The van der Waals surface area contributed by atoms with Crippen molar-refractivity contribution in [1.29, 1.82) is 0 Å². The third-order valence-electron chi connectivity index (χ3n) is 3.20. The molecule has 22 heavy (non-hydrogen) atoms. The molecule has 1 N–H and O–H groups in total. The summed E-state index contributed by atoms with van der Waals surface area (Å²) in [6.45, 7) is 3.21. The number of hydrogen-bond donors (Lipinski definition) is 1. The Hall–Kier alpha value is -1.99. The van der Waals surface area contributed by atoms with E-state index in [9.17, 15) is 12.8 Å². The molecule has 0 bridgehead atoms. The van der Waals surface area contributed by atoms with Gasteiger partial charge in [0.25, 0.3) is 0 Å². The van der Waals surface area contributed by atoms with Crippen LogP contribution in [0, 0.1) is 12.7 Å². The summed E-state index contributed by atoms with van der Waals surface area (Å²) in [4.78, 5) is 4.01. The fraction of sp³-hybridized carbons (Fsp3) is 0.267. The summed E-state index contributed by atoms with van der Waals surface area (Å²) >= 11 is 0. The number of ether oxygens (including phenoxy) is 1. The smallest absolute Gasteiger partial charge is 0.241 e. The zero-order valence-corrected chi connectivity index (χ0v) is 13.3. The molecule has 0 fully saturated rings. The van der Waals surface area contributed by atoms with Crippen molar-refractivity contribution in [3.63, 3.8) is 0 Å². The standard InChI is InChI=1S/C15H17FN2O3S/c1-10-9-12(21-3)6-7-14(10)22(19,20)18-11(2)15-13(16)5-4-8-17-15/h4-9,11,18H,1-3H3. The number of sulfonamides is 1. The number of rotatable bonds is 5. The summed E-state index contributed by atoms with van der Waals surface area (Å²) in [5.74, 6) is 0.0180. The van der Waals surface area contributed by atoms with Crippen LogP contribution < -0.4 is 9.46 Å². The molecule has 0 aliphatic heterocycles. The zero-order valence-electron chi connectivity index (χ0n) is 12.5. The van der Waals surface area contributed by atoms with Gasteiger partial charge in [-0.2, -0.15) is 0 Å². The number of nitrogens with zero attached hydrogens (tertiary/aromatic N) is 1.